The number of hydrogen-bond acceptors (Lipinski definition) is 12. The highest BCUT2D eigenvalue weighted by atomic mass is 32.2. The van der Waals surface area contributed by atoms with Gasteiger partial charge < -0.3 is 28.4 Å². The molecule has 0 saturated carbocycles. The predicted octanol–water partition coefficient (Wildman–Crippen LogP) is 3.96. The standard InChI is InChI=1S/C32H36N2O10S/c1-18-26(16-23-12-14-25(45-6)15-13-23)31(33-34(18)24-10-8-7-9-11-24)44-32-30(42-22(5)38)29(41-21(4)37)28(40-20(3)36)27(43-32)17-39-19(2)35/h7-15,27-30,32H,16-17H2,1-6H3/t27-,28-,29+,30-,32?/m1/s1. The van der Waals surface area contributed by atoms with Crippen LogP contribution >= 0.6 is 11.8 Å². The average Bonchev–Trinajstić information content (AvgIpc) is 3.29. The minimum Gasteiger partial charge on any atom is -0.463 e. The molecule has 1 unspecified atom stereocenters. The van der Waals surface area contributed by atoms with Gasteiger partial charge in [0.25, 0.3) is 0 Å². The van der Waals surface area contributed by atoms with E-state index in [0.717, 1.165) is 41.3 Å². The van der Waals surface area contributed by atoms with Crippen molar-refractivity contribution >= 4 is 35.6 Å². The van der Waals surface area contributed by atoms with Gasteiger partial charge in [0.1, 0.15) is 12.7 Å². The second-order valence-corrected chi connectivity index (χ2v) is 11.2. The quantitative estimate of drug-likeness (QED) is 0.170. The molecule has 0 spiro atoms. The van der Waals surface area contributed by atoms with E-state index < -0.39 is 54.6 Å². The molecular formula is C32H36N2O10S. The molecule has 1 aliphatic rings. The van der Waals surface area contributed by atoms with E-state index in [1.54, 1.807) is 16.4 Å². The van der Waals surface area contributed by atoms with E-state index in [1.807, 2.05) is 67.8 Å². The van der Waals surface area contributed by atoms with Crippen LogP contribution in [-0.2, 0) is 49.3 Å². The number of para-hydroxylation sites is 1. The van der Waals surface area contributed by atoms with Crippen LogP contribution in [0, 0.1) is 6.92 Å². The number of hydrogen-bond donors (Lipinski definition) is 0. The van der Waals surface area contributed by atoms with Gasteiger partial charge in [0.05, 0.1) is 5.69 Å². The Morgan fingerprint density at radius 2 is 1.42 bits per heavy atom. The molecular weight excluding hydrogens is 604 g/mol. The Labute approximate surface area is 265 Å². The van der Waals surface area contributed by atoms with Crippen LogP contribution in [0.5, 0.6) is 5.88 Å². The number of carbonyl (C=O) groups is 4. The van der Waals surface area contributed by atoms with Crippen molar-refractivity contribution in [1.82, 2.24) is 9.78 Å². The zero-order chi connectivity index (χ0) is 32.7. The van der Waals surface area contributed by atoms with Crippen LogP contribution in [0.25, 0.3) is 5.69 Å². The summed E-state index contributed by atoms with van der Waals surface area (Å²) in [6, 6.07) is 17.5. The minimum absolute atomic E-state index is 0.172. The van der Waals surface area contributed by atoms with Crippen molar-refractivity contribution in [3.63, 3.8) is 0 Å². The Hall–Kier alpha value is -4.36. The normalized spacial score (nSPS) is 21.0. The van der Waals surface area contributed by atoms with E-state index >= 15 is 0 Å². The fourth-order valence-electron chi connectivity index (χ4n) is 4.97. The lowest BCUT2D eigenvalue weighted by Gasteiger charge is -2.43. The number of esters is 4. The third-order valence-electron chi connectivity index (χ3n) is 6.92. The molecule has 2 aromatic carbocycles. The molecule has 1 aliphatic heterocycles. The van der Waals surface area contributed by atoms with Crippen molar-refractivity contribution in [2.24, 2.45) is 0 Å². The summed E-state index contributed by atoms with van der Waals surface area (Å²) in [4.78, 5) is 49.4. The van der Waals surface area contributed by atoms with Gasteiger partial charge >= 0.3 is 23.9 Å². The van der Waals surface area contributed by atoms with Gasteiger partial charge in [-0.1, -0.05) is 30.3 Å². The first-order chi connectivity index (χ1) is 21.5. The topological polar surface area (TPSA) is 141 Å². The number of carbonyl (C=O) groups excluding carboxylic acids is 4. The summed E-state index contributed by atoms with van der Waals surface area (Å²) < 4.78 is 36.1. The number of benzene rings is 2. The number of ether oxygens (including phenoxy) is 6. The van der Waals surface area contributed by atoms with E-state index in [9.17, 15) is 19.2 Å². The minimum atomic E-state index is -1.42. The average molecular weight is 641 g/mol. The molecule has 13 heteroatoms. The zero-order valence-electron chi connectivity index (χ0n) is 25.9. The van der Waals surface area contributed by atoms with Crippen LogP contribution in [0.15, 0.2) is 59.5 Å². The molecule has 0 aliphatic carbocycles. The first-order valence-electron chi connectivity index (χ1n) is 14.2. The maximum atomic E-state index is 12.3. The van der Waals surface area contributed by atoms with Gasteiger partial charge in [-0.05, 0) is 43.0 Å². The predicted molar refractivity (Wildman–Crippen MR) is 162 cm³/mol. The van der Waals surface area contributed by atoms with Crippen molar-refractivity contribution < 1.29 is 47.6 Å². The van der Waals surface area contributed by atoms with Crippen LogP contribution in [0.1, 0.15) is 44.5 Å². The lowest BCUT2D eigenvalue weighted by atomic mass is 9.98. The first kappa shape index (κ1) is 33.5. The highest BCUT2D eigenvalue weighted by molar-refractivity contribution is 7.98. The van der Waals surface area contributed by atoms with Gasteiger partial charge in [0.15, 0.2) is 12.2 Å². The molecule has 5 atom stereocenters. The largest absolute Gasteiger partial charge is 0.463 e. The highest BCUT2D eigenvalue weighted by Crippen LogP contribution is 2.34. The van der Waals surface area contributed by atoms with Gasteiger partial charge in [-0.25, -0.2) is 4.68 Å². The summed E-state index contributed by atoms with van der Waals surface area (Å²) in [5.41, 5.74) is 3.29. The molecule has 12 nitrogen and oxygen atoms in total. The van der Waals surface area contributed by atoms with E-state index in [0.29, 0.717) is 6.42 Å². The number of aromatic nitrogens is 2. The van der Waals surface area contributed by atoms with Crippen LogP contribution in [-0.4, -0.2) is 77.2 Å². The van der Waals surface area contributed by atoms with E-state index in [-0.39, 0.29) is 12.5 Å². The first-order valence-corrected chi connectivity index (χ1v) is 15.4. The molecule has 4 rings (SSSR count). The van der Waals surface area contributed by atoms with Crippen molar-refractivity contribution in [2.75, 3.05) is 12.9 Å². The fourth-order valence-corrected chi connectivity index (χ4v) is 5.38. The summed E-state index contributed by atoms with van der Waals surface area (Å²) in [6.45, 7) is 6.24. The van der Waals surface area contributed by atoms with Gasteiger partial charge in [0.2, 0.25) is 18.3 Å². The molecule has 240 valence electrons. The van der Waals surface area contributed by atoms with Crippen LogP contribution < -0.4 is 4.74 Å². The Balaban J connectivity index is 1.80. The van der Waals surface area contributed by atoms with Gasteiger partial charge in [0, 0.05) is 50.3 Å². The maximum Gasteiger partial charge on any atom is 0.303 e. The Kier molecular flexibility index (Phi) is 11.2. The molecule has 0 radical (unpaired) electrons. The monoisotopic (exact) mass is 640 g/mol. The Bertz CT molecular complexity index is 1510. The van der Waals surface area contributed by atoms with E-state index in [1.165, 1.54) is 13.8 Å². The molecule has 1 fully saturated rings. The molecule has 2 heterocycles. The molecule has 1 saturated heterocycles. The van der Waals surface area contributed by atoms with Gasteiger partial charge in [-0.15, -0.1) is 16.9 Å². The van der Waals surface area contributed by atoms with Crippen molar-refractivity contribution in [3.05, 3.63) is 71.4 Å². The number of nitrogens with zero attached hydrogens (tertiary/aromatic N) is 2. The molecule has 1 aromatic heterocycles. The summed E-state index contributed by atoms with van der Waals surface area (Å²) in [7, 11) is 0. The van der Waals surface area contributed by atoms with Crippen molar-refractivity contribution in [1.29, 1.82) is 0 Å². The molecule has 45 heavy (non-hydrogen) atoms. The third-order valence-corrected chi connectivity index (χ3v) is 7.66. The van der Waals surface area contributed by atoms with Crippen LogP contribution in [0.2, 0.25) is 0 Å². The van der Waals surface area contributed by atoms with E-state index in [2.05, 4.69) is 0 Å². The third kappa shape index (κ3) is 8.64. The zero-order valence-corrected chi connectivity index (χ0v) is 26.7. The van der Waals surface area contributed by atoms with Crippen LogP contribution in [0.3, 0.4) is 0 Å². The Morgan fingerprint density at radius 1 is 0.822 bits per heavy atom. The summed E-state index contributed by atoms with van der Waals surface area (Å²) in [6.07, 6.45) is -4.18. The SMILES string of the molecule is CSc1ccc(Cc2c(OC3O[C@H](COC(C)=O)[C@@H](OC(C)=O)[C@H](OC(C)=O)[C@H]3OC(C)=O)nn(-c3ccccc3)c2C)cc1. The second-order valence-electron chi connectivity index (χ2n) is 10.3. The van der Waals surface area contributed by atoms with Crippen molar-refractivity contribution in [3.8, 4) is 11.6 Å². The summed E-state index contributed by atoms with van der Waals surface area (Å²) >= 11 is 1.64. The highest BCUT2D eigenvalue weighted by Gasteiger charge is 2.53. The van der Waals surface area contributed by atoms with Crippen LogP contribution in [0.4, 0.5) is 0 Å². The van der Waals surface area contributed by atoms with Crippen molar-refractivity contribution in [2.45, 2.75) is 76.6 Å². The Morgan fingerprint density at radius 3 is 2.00 bits per heavy atom. The summed E-state index contributed by atoms with van der Waals surface area (Å²) in [5, 5.41) is 4.76. The molecule has 0 N–H and O–H groups in total. The lowest BCUT2D eigenvalue weighted by molar-refractivity contribution is -0.289. The smallest absolute Gasteiger partial charge is 0.303 e. The molecule has 3 aromatic rings. The van der Waals surface area contributed by atoms with Gasteiger partial charge in [-0.2, -0.15) is 0 Å². The van der Waals surface area contributed by atoms with Gasteiger partial charge in [-0.3, -0.25) is 19.2 Å². The fraction of sp³-hybridized carbons (Fsp3) is 0.406. The second kappa shape index (κ2) is 15.1. The molecule has 0 bridgehead atoms. The number of rotatable bonds is 11. The maximum absolute atomic E-state index is 12.3. The number of thioether (sulfide) groups is 1. The van der Waals surface area contributed by atoms with E-state index in [4.69, 9.17) is 33.5 Å². The lowest BCUT2D eigenvalue weighted by Crippen LogP contribution is -2.63. The summed E-state index contributed by atoms with van der Waals surface area (Å²) in [5.74, 6) is -2.63. The molecule has 0 amide bonds.